The van der Waals surface area contributed by atoms with Gasteiger partial charge in [0.15, 0.2) is 0 Å². The summed E-state index contributed by atoms with van der Waals surface area (Å²) < 4.78 is 52.3. The fraction of sp³-hybridized carbons (Fsp3) is 0.280. The molecule has 0 aliphatic rings. The van der Waals surface area contributed by atoms with Gasteiger partial charge in [-0.3, -0.25) is 15.1 Å². The molecule has 0 saturated carbocycles. The van der Waals surface area contributed by atoms with E-state index in [-0.39, 0.29) is 17.8 Å². The minimum Gasteiger partial charge on any atom is -0.358 e. The van der Waals surface area contributed by atoms with Crippen LogP contribution in [-0.4, -0.2) is 17.9 Å². The molecule has 1 amide bonds. The van der Waals surface area contributed by atoms with Crippen molar-refractivity contribution < 1.29 is 22.4 Å². The van der Waals surface area contributed by atoms with E-state index in [0.29, 0.717) is 24.1 Å². The number of alkyl halides is 3. The molecular weight excluding hydrogens is 434 g/mol. The Bertz CT molecular complexity index is 1070. The lowest BCUT2D eigenvalue weighted by molar-refractivity contribution is -0.137. The highest BCUT2D eigenvalue weighted by Gasteiger charge is 2.30. The van der Waals surface area contributed by atoms with Crippen molar-refractivity contribution in [3.05, 3.63) is 101 Å². The Morgan fingerprint density at radius 3 is 2.33 bits per heavy atom. The molecule has 174 valence electrons. The molecule has 2 N–H and O–H groups in total. The molecule has 3 rings (SSSR count). The van der Waals surface area contributed by atoms with E-state index >= 15 is 0 Å². The van der Waals surface area contributed by atoms with Crippen LogP contribution in [0.25, 0.3) is 0 Å². The van der Waals surface area contributed by atoms with Gasteiger partial charge < -0.3 is 5.32 Å². The van der Waals surface area contributed by atoms with E-state index in [0.717, 1.165) is 23.4 Å². The van der Waals surface area contributed by atoms with Crippen molar-refractivity contribution in [3.8, 4) is 0 Å². The van der Waals surface area contributed by atoms with Crippen molar-refractivity contribution in [3.63, 3.8) is 0 Å². The Kier molecular flexibility index (Phi) is 7.81. The summed E-state index contributed by atoms with van der Waals surface area (Å²) in [6.07, 6.45) is -2.83. The second kappa shape index (κ2) is 10.6. The fourth-order valence-corrected chi connectivity index (χ4v) is 3.58. The van der Waals surface area contributed by atoms with Crippen LogP contribution in [-0.2, 0) is 17.4 Å². The van der Waals surface area contributed by atoms with Gasteiger partial charge >= 0.3 is 6.18 Å². The van der Waals surface area contributed by atoms with Gasteiger partial charge in [0.1, 0.15) is 11.9 Å². The van der Waals surface area contributed by atoms with Gasteiger partial charge in [-0.2, -0.15) is 13.2 Å². The molecule has 3 aromatic rings. The quantitative estimate of drug-likeness (QED) is 0.450. The number of halogens is 4. The van der Waals surface area contributed by atoms with Crippen LogP contribution in [0.4, 0.5) is 17.6 Å². The summed E-state index contributed by atoms with van der Waals surface area (Å²) >= 11 is 0. The second-order valence-electron chi connectivity index (χ2n) is 7.76. The minimum atomic E-state index is -4.45. The van der Waals surface area contributed by atoms with Crippen molar-refractivity contribution in [1.82, 2.24) is 15.6 Å². The molecule has 8 heteroatoms. The van der Waals surface area contributed by atoms with Crippen LogP contribution >= 0.6 is 0 Å². The summed E-state index contributed by atoms with van der Waals surface area (Å²) in [5, 5.41) is 6.00. The number of rotatable bonds is 8. The predicted octanol–water partition coefficient (Wildman–Crippen LogP) is 5.30. The molecule has 2 aromatic carbocycles. The number of nitrogens with one attached hydrogen (secondary N) is 2. The molecule has 33 heavy (non-hydrogen) atoms. The number of likely N-dealkylation sites (N-methyl/N-ethyl adjacent to an activating group) is 1. The van der Waals surface area contributed by atoms with Gasteiger partial charge in [0.2, 0.25) is 5.91 Å². The van der Waals surface area contributed by atoms with E-state index in [1.54, 1.807) is 26.1 Å². The van der Waals surface area contributed by atoms with E-state index < -0.39 is 17.8 Å². The molecular formula is C25H25F4N3O. The molecule has 1 aromatic heterocycles. The Hall–Kier alpha value is -3.26. The van der Waals surface area contributed by atoms with E-state index in [4.69, 9.17) is 0 Å². The number of pyridine rings is 1. The molecule has 2 unspecified atom stereocenters. The smallest absolute Gasteiger partial charge is 0.358 e. The molecule has 0 radical (unpaired) electrons. The highest BCUT2D eigenvalue weighted by atomic mass is 19.4. The largest absolute Gasteiger partial charge is 0.417 e. The van der Waals surface area contributed by atoms with Crippen LogP contribution in [0.5, 0.6) is 0 Å². The first kappa shape index (κ1) is 24.4. The summed E-state index contributed by atoms with van der Waals surface area (Å²) in [5.41, 5.74) is 1.67. The summed E-state index contributed by atoms with van der Waals surface area (Å²) in [5.74, 6) is -0.578. The van der Waals surface area contributed by atoms with Crippen LogP contribution < -0.4 is 10.6 Å². The maximum Gasteiger partial charge on any atom is 0.417 e. The van der Waals surface area contributed by atoms with E-state index in [1.807, 2.05) is 30.3 Å². The minimum absolute atomic E-state index is 0.238. The summed E-state index contributed by atoms with van der Waals surface area (Å²) in [7, 11) is 1.54. The first-order valence-electron chi connectivity index (χ1n) is 10.5. The Balaban J connectivity index is 1.87. The van der Waals surface area contributed by atoms with E-state index in [9.17, 15) is 22.4 Å². The molecule has 4 nitrogen and oxygen atoms in total. The first-order valence-corrected chi connectivity index (χ1v) is 10.5. The van der Waals surface area contributed by atoms with Gasteiger partial charge in [-0.15, -0.1) is 0 Å². The molecule has 0 bridgehead atoms. The fourth-order valence-electron chi connectivity index (χ4n) is 3.58. The zero-order valence-corrected chi connectivity index (χ0v) is 18.3. The van der Waals surface area contributed by atoms with Gasteiger partial charge in [0, 0.05) is 25.0 Å². The third-order valence-electron chi connectivity index (χ3n) is 5.43. The van der Waals surface area contributed by atoms with E-state index in [2.05, 4.69) is 15.6 Å². The second-order valence-corrected chi connectivity index (χ2v) is 7.76. The maximum atomic E-state index is 13.9. The molecule has 0 aliphatic heterocycles. The number of nitrogens with zero attached hydrogens (tertiary/aromatic N) is 1. The molecule has 0 aliphatic carbocycles. The molecule has 2 atom stereocenters. The number of carbonyl (C=O) groups is 1. The van der Waals surface area contributed by atoms with Gasteiger partial charge in [-0.1, -0.05) is 42.5 Å². The Labute approximate surface area is 190 Å². The maximum absolute atomic E-state index is 13.9. The van der Waals surface area contributed by atoms with Crippen molar-refractivity contribution in [2.45, 2.75) is 38.0 Å². The molecule has 0 spiro atoms. The number of hydrogen-bond donors (Lipinski definition) is 2. The van der Waals surface area contributed by atoms with Crippen LogP contribution in [0.2, 0.25) is 0 Å². The lowest BCUT2D eigenvalue weighted by atomic mass is 9.96. The van der Waals surface area contributed by atoms with Crippen LogP contribution in [0.15, 0.2) is 66.9 Å². The van der Waals surface area contributed by atoms with Crippen molar-refractivity contribution >= 4 is 5.91 Å². The van der Waals surface area contributed by atoms with Crippen molar-refractivity contribution in [2.24, 2.45) is 0 Å². The zero-order chi connectivity index (χ0) is 24.0. The molecule has 0 fully saturated rings. The SMILES string of the molecule is CNC(=O)C(NC(CCc1ccc(C(F)(F)F)cn1)c1ccc(F)c(C)c1)c1ccccc1. The number of aromatic nitrogens is 1. The average molecular weight is 459 g/mol. The highest BCUT2D eigenvalue weighted by molar-refractivity contribution is 5.83. The van der Waals surface area contributed by atoms with Gasteiger partial charge in [-0.25, -0.2) is 4.39 Å². The number of amides is 1. The number of carbonyl (C=O) groups excluding carboxylic acids is 1. The van der Waals surface area contributed by atoms with Crippen molar-refractivity contribution in [1.29, 1.82) is 0 Å². The highest BCUT2D eigenvalue weighted by Crippen LogP contribution is 2.29. The van der Waals surface area contributed by atoms with Crippen LogP contribution in [0, 0.1) is 12.7 Å². The standard InChI is InChI=1S/C25H25F4N3O/c1-16-14-18(8-12-21(16)26)22(13-11-20-10-9-19(15-31-20)25(27,28)29)32-23(24(33)30-2)17-6-4-3-5-7-17/h3-10,12,14-15,22-23,32H,11,13H2,1-2H3,(H,30,33). The van der Waals surface area contributed by atoms with Crippen LogP contribution in [0.3, 0.4) is 0 Å². The topological polar surface area (TPSA) is 54.0 Å². The Morgan fingerprint density at radius 1 is 1.03 bits per heavy atom. The summed E-state index contributed by atoms with van der Waals surface area (Å²) in [6, 6.07) is 15.2. The van der Waals surface area contributed by atoms with Gasteiger partial charge in [-0.05, 0) is 54.7 Å². The normalized spacial score (nSPS) is 13.4. The summed E-state index contributed by atoms with van der Waals surface area (Å²) in [4.78, 5) is 16.6. The average Bonchev–Trinajstić information content (AvgIpc) is 2.81. The van der Waals surface area contributed by atoms with Crippen LogP contribution in [0.1, 0.15) is 46.5 Å². The van der Waals surface area contributed by atoms with Gasteiger partial charge in [0.25, 0.3) is 0 Å². The predicted molar refractivity (Wildman–Crippen MR) is 118 cm³/mol. The first-order chi connectivity index (χ1) is 15.7. The molecule has 1 heterocycles. The lowest BCUT2D eigenvalue weighted by Gasteiger charge is -2.26. The summed E-state index contributed by atoms with van der Waals surface area (Å²) in [6.45, 7) is 1.65. The van der Waals surface area contributed by atoms with Gasteiger partial charge in [0.05, 0.1) is 5.56 Å². The Morgan fingerprint density at radius 2 is 1.76 bits per heavy atom. The third-order valence-corrected chi connectivity index (χ3v) is 5.43. The zero-order valence-electron chi connectivity index (χ0n) is 18.3. The number of benzene rings is 2. The monoisotopic (exact) mass is 459 g/mol. The lowest BCUT2D eigenvalue weighted by Crippen LogP contribution is -2.38. The van der Waals surface area contributed by atoms with E-state index in [1.165, 1.54) is 12.1 Å². The third kappa shape index (κ3) is 6.38. The number of hydrogen-bond acceptors (Lipinski definition) is 3. The number of aryl methyl sites for hydroxylation is 2. The molecule has 0 saturated heterocycles. The van der Waals surface area contributed by atoms with Crippen molar-refractivity contribution in [2.75, 3.05) is 7.05 Å².